The van der Waals surface area contributed by atoms with Crippen LogP contribution in [0.3, 0.4) is 0 Å². The maximum Gasteiger partial charge on any atom is 0.0774 e. The number of hydrogen-bond donors (Lipinski definition) is 1. The first-order valence-corrected chi connectivity index (χ1v) is 5.24. The molecule has 1 heterocycles. The molecule has 1 nitrogen and oxygen atoms in total. The van der Waals surface area contributed by atoms with Gasteiger partial charge in [-0.1, -0.05) is 42.5 Å². The third kappa shape index (κ3) is 2.28. The molecule has 2 rings (SSSR count). The highest BCUT2D eigenvalue weighted by Crippen LogP contribution is 2.16. The summed E-state index contributed by atoms with van der Waals surface area (Å²) in [6.45, 7) is 0. The van der Waals surface area contributed by atoms with Crippen molar-refractivity contribution in [1.29, 1.82) is 0 Å². The number of aromatic nitrogens is 1. The Labute approximate surface area is 94.6 Å². The summed E-state index contributed by atoms with van der Waals surface area (Å²) < 4.78 is 0. The van der Waals surface area contributed by atoms with E-state index >= 15 is 0 Å². The molecular formula is C13H11NS. The van der Waals surface area contributed by atoms with Gasteiger partial charge in [0.05, 0.1) is 5.52 Å². The molecule has 0 unspecified atom stereocenters. The van der Waals surface area contributed by atoms with Gasteiger partial charge in [-0.25, -0.2) is 0 Å². The van der Waals surface area contributed by atoms with E-state index in [-0.39, 0.29) is 0 Å². The van der Waals surface area contributed by atoms with Crippen LogP contribution >= 0.6 is 12.6 Å². The lowest BCUT2D eigenvalue weighted by Gasteiger charge is -1.99. The molecule has 0 aliphatic heterocycles. The molecular weight excluding hydrogens is 202 g/mol. The van der Waals surface area contributed by atoms with Gasteiger partial charge in [0, 0.05) is 17.1 Å². The van der Waals surface area contributed by atoms with Crippen molar-refractivity contribution in [1.82, 2.24) is 4.98 Å². The summed E-state index contributed by atoms with van der Waals surface area (Å²) in [6.07, 6.45) is 7.68. The second kappa shape index (κ2) is 4.80. The average molecular weight is 213 g/mol. The highest BCUT2D eigenvalue weighted by molar-refractivity contribution is 7.83. The highest BCUT2D eigenvalue weighted by Gasteiger charge is 1.96. The molecule has 0 saturated heterocycles. The number of rotatable bonds is 2. The third-order valence-electron chi connectivity index (χ3n) is 2.14. The fourth-order valence-electron chi connectivity index (χ4n) is 1.47. The summed E-state index contributed by atoms with van der Waals surface area (Å²) in [6, 6.07) is 10.2. The summed E-state index contributed by atoms with van der Waals surface area (Å²) in [5.74, 6) is 0. The van der Waals surface area contributed by atoms with Crippen LogP contribution in [0.25, 0.3) is 17.0 Å². The van der Waals surface area contributed by atoms with Crippen molar-refractivity contribution in [3.63, 3.8) is 0 Å². The maximum absolute atomic E-state index is 4.37. The van der Waals surface area contributed by atoms with Crippen LogP contribution in [0.15, 0.2) is 54.1 Å². The molecule has 0 fully saturated rings. The van der Waals surface area contributed by atoms with Gasteiger partial charge in [-0.15, -0.1) is 0 Å². The van der Waals surface area contributed by atoms with Crippen LogP contribution in [0.2, 0.25) is 0 Å². The number of nitrogens with zero attached hydrogens (tertiary/aromatic N) is 1. The molecule has 15 heavy (non-hydrogen) atoms. The summed E-state index contributed by atoms with van der Waals surface area (Å²) in [7, 11) is 0. The molecule has 0 spiro atoms. The van der Waals surface area contributed by atoms with Crippen LogP contribution in [-0.4, -0.2) is 4.98 Å². The molecule has 2 heteroatoms. The SMILES string of the molecule is S/C=C/C=C/c1cccc2cccnc12. The van der Waals surface area contributed by atoms with Gasteiger partial charge < -0.3 is 0 Å². The van der Waals surface area contributed by atoms with Crippen molar-refractivity contribution < 1.29 is 0 Å². The van der Waals surface area contributed by atoms with Gasteiger partial charge in [0.1, 0.15) is 0 Å². The molecule has 1 aromatic carbocycles. The smallest absolute Gasteiger partial charge is 0.0774 e. The summed E-state index contributed by atoms with van der Waals surface area (Å²) in [5.41, 5.74) is 2.16. The van der Waals surface area contributed by atoms with Crippen molar-refractivity contribution in [3.05, 3.63) is 59.7 Å². The molecule has 0 atom stereocenters. The Kier molecular flexibility index (Phi) is 3.20. The van der Waals surface area contributed by atoms with E-state index in [9.17, 15) is 0 Å². The van der Waals surface area contributed by atoms with E-state index in [1.807, 2.05) is 36.6 Å². The molecule has 74 valence electrons. The van der Waals surface area contributed by atoms with Crippen molar-refractivity contribution >= 4 is 29.6 Å². The van der Waals surface area contributed by atoms with Gasteiger partial charge >= 0.3 is 0 Å². The third-order valence-corrected chi connectivity index (χ3v) is 2.31. The van der Waals surface area contributed by atoms with Crippen molar-refractivity contribution in [3.8, 4) is 0 Å². The highest BCUT2D eigenvalue weighted by atomic mass is 32.1. The summed E-state index contributed by atoms with van der Waals surface area (Å²) in [4.78, 5) is 4.37. The fraction of sp³-hybridized carbons (Fsp3) is 0. The van der Waals surface area contributed by atoms with Gasteiger partial charge in [0.15, 0.2) is 0 Å². The van der Waals surface area contributed by atoms with Crippen LogP contribution in [0.4, 0.5) is 0 Å². The van der Waals surface area contributed by atoms with Gasteiger partial charge in [-0.3, -0.25) is 4.98 Å². The predicted octanol–water partition coefficient (Wildman–Crippen LogP) is 3.69. The number of fused-ring (bicyclic) bond motifs is 1. The zero-order valence-corrected chi connectivity index (χ0v) is 9.06. The molecule has 2 aromatic rings. The average Bonchev–Trinajstić information content (AvgIpc) is 2.30. The first-order valence-electron chi connectivity index (χ1n) is 4.73. The Balaban J connectivity index is 2.51. The molecule has 0 aliphatic rings. The van der Waals surface area contributed by atoms with Crippen molar-refractivity contribution in [2.45, 2.75) is 0 Å². The van der Waals surface area contributed by atoms with Crippen molar-refractivity contribution in [2.75, 3.05) is 0 Å². The molecule has 0 amide bonds. The van der Waals surface area contributed by atoms with Gasteiger partial charge in [0.25, 0.3) is 0 Å². The molecule has 0 radical (unpaired) electrons. The largest absolute Gasteiger partial charge is 0.256 e. The second-order valence-corrected chi connectivity index (χ2v) is 3.42. The number of para-hydroxylation sites is 1. The van der Waals surface area contributed by atoms with Crippen LogP contribution in [-0.2, 0) is 0 Å². The maximum atomic E-state index is 4.37. The topological polar surface area (TPSA) is 12.9 Å². The zero-order valence-electron chi connectivity index (χ0n) is 8.17. The Bertz CT molecular complexity index is 509. The number of pyridine rings is 1. The summed E-state index contributed by atoms with van der Waals surface area (Å²) in [5, 5.41) is 2.87. The number of hydrogen-bond acceptors (Lipinski definition) is 2. The van der Waals surface area contributed by atoms with E-state index in [2.05, 4.69) is 35.8 Å². The van der Waals surface area contributed by atoms with E-state index in [0.717, 1.165) is 16.5 Å². The molecule has 0 saturated carbocycles. The first-order chi connectivity index (χ1) is 7.42. The van der Waals surface area contributed by atoms with Crippen LogP contribution in [0, 0.1) is 0 Å². The Morgan fingerprint density at radius 2 is 1.93 bits per heavy atom. The molecule has 0 N–H and O–H groups in total. The fourth-order valence-corrected chi connectivity index (χ4v) is 1.57. The number of thiol groups is 1. The predicted molar refractivity (Wildman–Crippen MR) is 68.9 cm³/mol. The standard InChI is InChI=1S/C13H11NS/c15-10-2-1-5-11-6-3-7-12-8-4-9-14-13(11)12/h1-10,15H/b5-1+,10-2+. The van der Waals surface area contributed by atoms with Gasteiger partial charge in [-0.2, -0.15) is 12.6 Å². The molecule has 1 aromatic heterocycles. The lowest BCUT2D eigenvalue weighted by atomic mass is 10.1. The van der Waals surface area contributed by atoms with E-state index in [4.69, 9.17) is 0 Å². The Morgan fingerprint density at radius 1 is 1.07 bits per heavy atom. The minimum absolute atomic E-state index is 1.03. The van der Waals surface area contributed by atoms with Crippen LogP contribution in [0.1, 0.15) is 5.56 Å². The minimum atomic E-state index is 1.03. The Morgan fingerprint density at radius 3 is 2.80 bits per heavy atom. The van der Waals surface area contributed by atoms with E-state index in [1.165, 1.54) is 0 Å². The summed E-state index contributed by atoms with van der Waals surface area (Å²) >= 11 is 3.99. The van der Waals surface area contributed by atoms with E-state index in [1.54, 1.807) is 5.41 Å². The minimum Gasteiger partial charge on any atom is -0.256 e. The van der Waals surface area contributed by atoms with Crippen molar-refractivity contribution in [2.24, 2.45) is 0 Å². The number of benzene rings is 1. The normalized spacial score (nSPS) is 11.8. The lowest BCUT2D eigenvalue weighted by molar-refractivity contribution is 1.41. The zero-order chi connectivity index (χ0) is 10.5. The van der Waals surface area contributed by atoms with Crippen LogP contribution < -0.4 is 0 Å². The lowest BCUT2D eigenvalue weighted by Crippen LogP contribution is -1.81. The van der Waals surface area contributed by atoms with Gasteiger partial charge in [0.2, 0.25) is 0 Å². The van der Waals surface area contributed by atoms with E-state index < -0.39 is 0 Å². The second-order valence-electron chi connectivity index (χ2n) is 3.12. The monoisotopic (exact) mass is 213 g/mol. The quantitative estimate of drug-likeness (QED) is 0.593. The van der Waals surface area contributed by atoms with Crippen LogP contribution in [0.5, 0.6) is 0 Å². The molecule has 0 aliphatic carbocycles. The van der Waals surface area contributed by atoms with E-state index in [0.29, 0.717) is 0 Å². The van der Waals surface area contributed by atoms with Gasteiger partial charge in [-0.05, 0) is 11.5 Å². The first kappa shape index (κ1) is 9.99. The number of allylic oxidation sites excluding steroid dienone is 2. The Hall–Kier alpha value is -1.54. The molecule has 0 bridgehead atoms.